The highest BCUT2D eigenvalue weighted by Crippen LogP contribution is 2.26. The highest BCUT2D eigenvalue weighted by molar-refractivity contribution is 5.92. The van der Waals surface area contributed by atoms with Gasteiger partial charge in [0.1, 0.15) is 18.2 Å². The monoisotopic (exact) mass is 326 g/mol. The van der Waals surface area contributed by atoms with Crippen LogP contribution in [0.25, 0.3) is 0 Å². The molecule has 3 N–H and O–H groups in total. The van der Waals surface area contributed by atoms with E-state index in [0.717, 1.165) is 19.4 Å². The van der Waals surface area contributed by atoms with Crippen LogP contribution in [0.3, 0.4) is 0 Å². The van der Waals surface area contributed by atoms with Gasteiger partial charge in [0.05, 0.1) is 24.3 Å². The van der Waals surface area contributed by atoms with Gasteiger partial charge in [0.2, 0.25) is 5.91 Å². The molecule has 2 rings (SSSR count). The van der Waals surface area contributed by atoms with Gasteiger partial charge >= 0.3 is 0 Å². The minimum atomic E-state index is -0.452. The lowest BCUT2D eigenvalue weighted by Gasteiger charge is -2.16. The van der Waals surface area contributed by atoms with Gasteiger partial charge in [-0.2, -0.15) is 0 Å². The van der Waals surface area contributed by atoms with E-state index in [1.165, 1.54) is 25.3 Å². The van der Waals surface area contributed by atoms with Crippen LogP contribution in [0.5, 0.6) is 5.75 Å². The summed E-state index contributed by atoms with van der Waals surface area (Å²) >= 11 is 0. The summed E-state index contributed by atoms with van der Waals surface area (Å²) in [5.41, 5.74) is 5.78. The summed E-state index contributed by atoms with van der Waals surface area (Å²) in [7, 11) is 1.49. The maximum absolute atomic E-state index is 13.5. The molecule has 2 atom stereocenters. The molecule has 1 fully saturated rings. The molecule has 0 spiro atoms. The van der Waals surface area contributed by atoms with Gasteiger partial charge in [0, 0.05) is 26.3 Å². The van der Waals surface area contributed by atoms with Crippen molar-refractivity contribution in [3.05, 3.63) is 24.0 Å². The number of benzene rings is 1. The zero-order valence-corrected chi connectivity index (χ0v) is 13.2. The van der Waals surface area contributed by atoms with E-state index in [1.807, 2.05) is 0 Å². The molecule has 0 bridgehead atoms. The Morgan fingerprint density at radius 1 is 1.57 bits per heavy atom. The summed E-state index contributed by atoms with van der Waals surface area (Å²) in [6.45, 7) is 1.34. The first kappa shape index (κ1) is 17.7. The number of methoxy groups -OCH3 is 1. The zero-order chi connectivity index (χ0) is 16.7. The van der Waals surface area contributed by atoms with Crippen LogP contribution in [0.4, 0.5) is 10.1 Å². The van der Waals surface area contributed by atoms with Gasteiger partial charge in [-0.1, -0.05) is 0 Å². The minimum absolute atomic E-state index is 0.0405. The Hall–Kier alpha value is -1.70. The quantitative estimate of drug-likeness (QED) is 0.759. The van der Waals surface area contributed by atoms with Gasteiger partial charge in [-0.25, -0.2) is 4.39 Å². The highest BCUT2D eigenvalue weighted by atomic mass is 19.1. The minimum Gasteiger partial charge on any atom is -0.489 e. The molecular weight excluding hydrogens is 303 g/mol. The second-order valence-electron chi connectivity index (χ2n) is 5.43. The molecule has 7 heteroatoms. The zero-order valence-electron chi connectivity index (χ0n) is 13.2. The molecule has 1 aromatic carbocycles. The smallest absolute Gasteiger partial charge is 0.227 e. The molecule has 1 aliphatic heterocycles. The number of carbonyl (C=O) groups is 1. The van der Waals surface area contributed by atoms with Gasteiger partial charge in [0.25, 0.3) is 0 Å². The first-order valence-electron chi connectivity index (χ1n) is 7.69. The Balaban J connectivity index is 1.98. The summed E-state index contributed by atoms with van der Waals surface area (Å²) in [6, 6.07) is 4.02. The largest absolute Gasteiger partial charge is 0.489 e. The van der Waals surface area contributed by atoms with E-state index >= 15 is 0 Å². The van der Waals surface area contributed by atoms with E-state index in [1.54, 1.807) is 0 Å². The molecule has 6 nitrogen and oxygen atoms in total. The lowest BCUT2D eigenvalue weighted by Crippen LogP contribution is -2.28. The second-order valence-corrected chi connectivity index (χ2v) is 5.43. The normalized spacial score (nSPS) is 18.7. The third kappa shape index (κ3) is 5.46. The highest BCUT2D eigenvalue weighted by Gasteiger charge is 2.18. The lowest BCUT2D eigenvalue weighted by molar-refractivity contribution is -0.118. The van der Waals surface area contributed by atoms with Crippen LogP contribution in [-0.4, -0.2) is 45.0 Å². The number of hydrogen-bond acceptors (Lipinski definition) is 5. The molecule has 0 aliphatic carbocycles. The number of nitrogens with one attached hydrogen (secondary N) is 1. The molecule has 1 aliphatic rings. The molecule has 128 valence electrons. The molecule has 1 saturated heterocycles. The Morgan fingerprint density at radius 2 is 2.39 bits per heavy atom. The van der Waals surface area contributed by atoms with Gasteiger partial charge in [-0.05, 0) is 25.0 Å². The van der Waals surface area contributed by atoms with Crippen molar-refractivity contribution in [3.8, 4) is 5.75 Å². The molecule has 23 heavy (non-hydrogen) atoms. The van der Waals surface area contributed by atoms with Crippen molar-refractivity contribution in [1.29, 1.82) is 0 Å². The summed E-state index contributed by atoms with van der Waals surface area (Å²) in [5, 5.41) is 2.65. The Labute approximate surface area is 135 Å². The SMILES string of the molecule is COC(CN)CC(=O)Nc1cc(F)ccc1OCC1CCCO1. The van der Waals surface area contributed by atoms with Crippen LogP contribution in [-0.2, 0) is 14.3 Å². The second kappa shape index (κ2) is 8.81. The van der Waals surface area contributed by atoms with Gasteiger partial charge in [0.15, 0.2) is 0 Å². The van der Waals surface area contributed by atoms with Crippen LogP contribution in [0.2, 0.25) is 0 Å². The van der Waals surface area contributed by atoms with Crippen molar-refractivity contribution in [2.75, 3.05) is 32.2 Å². The summed E-state index contributed by atoms with van der Waals surface area (Å²) in [6.07, 6.45) is 1.71. The van der Waals surface area contributed by atoms with Gasteiger partial charge < -0.3 is 25.3 Å². The number of carbonyl (C=O) groups excluding carboxylic acids is 1. The van der Waals surface area contributed by atoms with E-state index in [4.69, 9.17) is 19.9 Å². The molecule has 1 aromatic rings. The molecule has 1 amide bonds. The third-order valence-corrected chi connectivity index (χ3v) is 3.67. The molecule has 1 heterocycles. The molecule has 0 aromatic heterocycles. The van der Waals surface area contributed by atoms with Crippen LogP contribution < -0.4 is 15.8 Å². The maximum atomic E-state index is 13.5. The average Bonchev–Trinajstić information content (AvgIpc) is 3.05. The first-order chi connectivity index (χ1) is 11.1. The molecule has 0 saturated carbocycles. The Kier molecular flexibility index (Phi) is 6.76. The number of halogens is 1. The summed E-state index contributed by atoms with van der Waals surface area (Å²) in [5.74, 6) is -0.348. The van der Waals surface area contributed by atoms with Crippen LogP contribution in [0.1, 0.15) is 19.3 Å². The van der Waals surface area contributed by atoms with Crippen molar-refractivity contribution in [2.45, 2.75) is 31.5 Å². The molecular formula is C16H23FN2O4. The average molecular weight is 326 g/mol. The third-order valence-electron chi connectivity index (χ3n) is 3.67. The molecule has 2 unspecified atom stereocenters. The fourth-order valence-corrected chi connectivity index (χ4v) is 2.36. The summed E-state index contributed by atoms with van der Waals surface area (Å²) in [4.78, 5) is 12.0. The number of ether oxygens (including phenoxy) is 3. The number of hydrogen-bond donors (Lipinski definition) is 2. The van der Waals surface area contributed by atoms with E-state index in [9.17, 15) is 9.18 Å². The van der Waals surface area contributed by atoms with Crippen LogP contribution >= 0.6 is 0 Å². The topological polar surface area (TPSA) is 82.8 Å². The van der Waals surface area contributed by atoms with E-state index < -0.39 is 5.82 Å². The standard InChI is InChI=1S/C16H23FN2O4/c1-21-13(9-18)8-16(20)19-14-7-11(17)4-5-15(14)23-10-12-3-2-6-22-12/h4-5,7,12-13H,2-3,6,8-10,18H2,1H3,(H,19,20). The Morgan fingerprint density at radius 3 is 3.04 bits per heavy atom. The number of anilines is 1. The van der Waals surface area contributed by atoms with E-state index in [2.05, 4.69) is 5.32 Å². The lowest BCUT2D eigenvalue weighted by atomic mass is 10.2. The van der Waals surface area contributed by atoms with Crippen molar-refractivity contribution >= 4 is 11.6 Å². The van der Waals surface area contributed by atoms with Crippen molar-refractivity contribution in [3.63, 3.8) is 0 Å². The van der Waals surface area contributed by atoms with Crippen molar-refractivity contribution < 1.29 is 23.4 Å². The Bertz CT molecular complexity index is 517. The number of rotatable bonds is 8. The fraction of sp³-hybridized carbons (Fsp3) is 0.562. The van der Waals surface area contributed by atoms with Crippen LogP contribution in [0.15, 0.2) is 18.2 Å². The van der Waals surface area contributed by atoms with E-state index in [0.29, 0.717) is 18.0 Å². The van der Waals surface area contributed by atoms with Gasteiger partial charge in [-0.15, -0.1) is 0 Å². The summed E-state index contributed by atoms with van der Waals surface area (Å²) < 4.78 is 29.7. The first-order valence-corrected chi connectivity index (χ1v) is 7.69. The fourth-order valence-electron chi connectivity index (χ4n) is 2.36. The predicted molar refractivity (Wildman–Crippen MR) is 84.0 cm³/mol. The van der Waals surface area contributed by atoms with Crippen LogP contribution in [0, 0.1) is 5.82 Å². The van der Waals surface area contributed by atoms with E-state index in [-0.39, 0.29) is 31.1 Å². The maximum Gasteiger partial charge on any atom is 0.227 e. The predicted octanol–water partition coefficient (Wildman–Crippen LogP) is 1.69. The number of amides is 1. The molecule has 0 radical (unpaired) electrons. The van der Waals surface area contributed by atoms with Crippen molar-refractivity contribution in [2.24, 2.45) is 5.73 Å². The number of nitrogens with two attached hydrogens (primary N) is 1. The van der Waals surface area contributed by atoms with Gasteiger partial charge in [-0.3, -0.25) is 4.79 Å². The van der Waals surface area contributed by atoms with Crippen molar-refractivity contribution in [1.82, 2.24) is 0 Å².